The van der Waals surface area contributed by atoms with E-state index in [1.165, 1.54) is 13.2 Å². The van der Waals surface area contributed by atoms with Crippen LogP contribution < -0.4 is 4.74 Å². The van der Waals surface area contributed by atoms with Gasteiger partial charge < -0.3 is 4.74 Å². The van der Waals surface area contributed by atoms with Crippen LogP contribution in [0.4, 0.5) is 13.2 Å². The highest BCUT2D eigenvalue weighted by molar-refractivity contribution is 14.1. The maximum absolute atomic E-state index is 12.6. The van der Waals surface area contributed by atoms with Crippen molar-refractivity contribution in [3.05, 3.63) is 26.8 Å². The largest absolute Gasteiger partial charge is 0.496 e. The third-order valence-electron chi connectivity index (χ3n) is 2.63. The lowest BCUT2D eigenvalue weighted by Gasteiger charge is -2.13. The average molecular weight is 342 g/mol. The monoisotopic (exact) mass is 342 g/mol. The van der Waals surface area contributed by atoms with Crippen LogP contribution in [-0.2, 0) is 6.18 Å². The van der Waals surface area contributed by atoms with Crippen molar-refractivity contribution in [2.45, 2.75) is 24.9 Å². The molecule has 1 aliphatic rings. The zero-order valence-electron chi connectivity index (χ0n) is 8.57. The molecule has 0 saturated heterocycles. The van der Waals surface area contributed by atoms with E-state index in [-0.39, 0.29) is 5.92 Å². The van der Waals surface area contributed by atoms with Gasteiger partial charge in [-0.25, -0.2) is 0 Å². The van der Waals surface area contributed by atoms with Gasteiger partial charge in [0.1, 0.15) is 5.75 Å². The lowest BCUT2D eigenvalue weighted by atomic mass is 10.1. The number of rotatable bonds is 2. The lowest BCUT2D eigenvalue weighted by molar-refractivity contribution is -0.137. The number of hydrogen-bond donors (Lipinski definition) is 0. The number of benzene rings is 1. The topological polar surface area (TPSA) is 9.23 Å². The first kappa shape index (κ1) is 12.0. The van der Waals surface area contributed by atoms with Crippen molar-refractivity contribution >= 4 is 22.6 Å². The molecule has 0 radical (unpaired) electrons. The molecule has 0 amide bonds. The van der Waals surface area contributed by atoms with Gasteiger partial charge in [0.15, 0.2) is 0 Å². The highest BCUT2D eigenvalue weighted by Crippen LogP contribution is 2.46. The fourth-order valence-corrected chi connectivity index (χ4v) is 2.60. The van der Waals surface area contributed by atoms with Crippen molar-refractivity contribution in [1.29, 1.82) is 0 Å². The summed E-state index contributed by atoms with van der Waals surface area (Å²) in [5, 5.41) is 0. The van der Waals surface area contributed by atoms with Gasteiger partial charge in [-0.05, 0) is 59.0 Å². The Kier molecular flexibility index (Phi) is 3.07. The van der Waals surface area contributed by atoms with Gasteiger partial charge in [0, 0.05) is 0 Å². The molecule has 5 heteroatoms. The minimum absolute atomic E-state index is 0.281. The molecule has 0 aromatic heterocycles. The summed E-state index contributed by atoms with van der Waals surface area (Å²) in [5.41, 5.74) is 0.152. The third kappa shape index (κ3) is 2.28. The first-order valence-electron chi connectivity index (χ1n) is 4.88. The Morgan fingerprint density at radius 2 is 1.94 bits per heavy atom. The minimum Gasteiger partial charge on any atom is -0.496 e. The van der Waals surface area contributed by atoms with Crippen LogP contribution in [0, 0.1) is 3.57 Å². The van der Waals surface area contributed by atoms with Gasteiger partial charge in [0.25, 0.3) is 0 Å². The lowest BCUT2D eigenvalue weighted by Crippen LogP contribution is -2.07. The second kappa shape index (κ2) is 4.09. The zero-order chi connectivity index (χ0) is 11.9. The molecule has 0 spiro atoms. The number of methoxy groups -OCH3 is 1. The van der Waals surface area contributed by atoms with Crippen LogP contribution in [0.1, 0.15) is 29.9 Å². The van der Waals surface area contributed by atoms with Crippen molar-refractivity contribution in [3.8, 4) is 5.75 Å². The number of halogens is 4. The molecule has 1 aliphatic carbocycles. The molecule has 0 unspecified atom stereocenters. The van der Waals surface area contributed by atoms with Gasteiger partial charge in [-0.3, -0.25) is 0 Å². The van der Waals surface area contributed by atoms with E-state index in [0.717, 1.165) is 28.0 Å². The van der Waals surface area contributed by atoms with Gasteiger partial charge >= 0.3 is 6.18 Å². The number of hydrogen-bond acceptors (Lipinski definition) is 1. The summed E-state index contributed by atoms with van der Waals surface area (Å²) in [6, 6.07) is 2.32. The van der Waals surface area contributed by atoms with E-state index < -0.39 is 11.7 Å². The number of alkyl halides is 3. The second-order valence-electron chi connectivity index (χ2n) is 3.85. The van der Waals surface area contributed by atoms with E-state index in [4.69, 9.17) is 4.74 Å². The summed E-state index contributed by atoms with van der Waals surface area (Å²) < 4.78 is 43.7. The highest BCUT2D eigenvalue weighted by Gasteiger charge is 2.35. The van der Waals surface area contributed by atoms with Gasteiger partial charge in [-0.2, -0.15) is 13.2 Å². The molecular formula is C11H10F3IO. The molecule has 1 aromatic carbocycles. The molecule has 1 saturated carbocycles. The average Bonchev–Trinajstić information content (AvgIpc) is 3.00. The quantitative estimate of drug-likeness (QED) is 0.732. The van der Waals surface area contributed by atoms with Crippen molar-refractivity contribution < 1.29 is 17.9 Å². The van der Waals surface area contributed by atoms with Crippen LogP contribution >= 0.6 is 22.6 Å². The van der Waals surface area contributed by atoms with Crippen molar-refractivity contribution in [1.82, 2.24) is 0 Å². The van der Waals surface area contributed by atoms with Crippen LogP contribution in [-0.4, -0.2) is 7.11 Å². The maximum atomic E-state index is 12.6. The van der Waals surface area contributed by atoms with E-state index >= 15 is 0 Å². The Balaban J connectivity index is 2.52. The van der Waals surface area contributed by atoms with E-state index in [9.17, 15) is 13.2 Å². The summed E-state index contributed by atoms with van der Waals surface area (Å²) in [4.78, 5) is 0. The molecule has 1 aromatic rings. The second-order valence-corrected chi connectivity index (χ2v) is 4.93. The predicted octanol–water partition coefficient (Wildman–Crippen LogP) is 4.20. The van der Waals surface area contributed by atoms with Gasteiger partial charge in [0.2, 0.25) is 0 Å². The molecule has 0 heterocycles. The fraction of sp³-hybridized carbons (Fsp3) is 0.455. The van der Waals surface area contributed by atoms with Crippen LogP contribution in [0.25, 0.3) is 0 Å². The maximum Gasteiger partial charge on any atom is 0.416 e. The Hall–Kier alpha value is -0.460. The fourth-order valence-electron chi connectivity index (χ4n) is 1.62. The van der Waals surface area contributed by atoms with E-state index in [1.54, 1.807) is 0 Å². The molecule has 0 aliphatic heterocycles. The Labute approximate surface area is 105 Å². The number of ether oxygens (including phenoxy) is 1. The molecule has 88 valence electrons. The Bertz CT molecular complexity index is 410. The first-order chi connectivity index (χ1) is 7.43. The smallest absolute Gasteiger partial charge is 0.416 e. The minimum atomic E-state index is -4.30. The molecular weight excluding hydrogens is 332 g/mol. The third-order valence-corrected chi connectivity index (χ3v) is 3.79. The molecule has 16 heavy (non-hydrogen) atoms. The Morgan fingerprint density at radius 1 is 1.31 bits per heavy atom. The van der Waals surface area contributed by atoms with E-state index in [0.29, 0.717) is 5.75 Å². The summed E-state index contributed by atoms with van der Waals surface area (Å²) in [6.07, 6.45) is -2.36. The molecule has 1 nitrogen and oxygen atoms in total. The van der Waals surface area contributed by atoms with Crippen LogP contribution in [0.2, 0.25) is 0 Å². The summed E-state index contributed by atoms with van der Waals surface area (Å²) >= 11 is 2.05. The summed E-state index contributed by atoms with van der Waals surface area (Å²) in [5.74, 6) is 0.598. The normalized spacial score (nSPS) is 16.3. The van der Waals surface area contributed by atoms with Crippen LogP contribution in [0.15, 0.2) is 12.1 Å². The Morgan fingerprint density at radius 3 is 2.38 bits per heavy atom. The highest BCUT2D eigenvalue weighted by atomic mass is 127. The van der Waals surface area contributed by atoms with Gasteiger partial charge in [0.05, 0.1) is 16.2 Å². The molecule has 2 rings (SSSR count). The molecule has 0 bridgehead atoms. The van der Waals surface area contributed by atoms with Crippen molar-refractivity contribution in [2.75, 3.05) is 7.11 Å². The van der Waals surface area contributed by atoms with Crippen molar-refractivity contribution in [3.63, 3.8) is 0 Å². The SMILES string of the molecule is COc1cc(C(F)(F)F)cc(C2CC2)c1I. The van der Waals surface area contributed by atoms with E-state index in [2.05, 4.69) is 0 Å². The van der Waals surface area contributed by atoms with E-state index in [1.807, 2.05) is 22.6 Å². The molecule has 0 atom stereocenters. The first-order valence-corrected chi connectivity index (χ1v) is 5.96. The predicted molar refractivity (Wildman–Crippen MR) is 62.7 cm³/mol. The zero-order valence-corrected chi connectivity index (χ0v) is 10.7. The standard InChI is InChI=1S/C11H10F3IO/c1-16-9-5-7(11(12,13)14)4-8(10(9)15)6-2-3-6/h4-6H,2-3H2,1H3. The van der Waals surface area contributed by atoms with Gasteiger partial charge in [-0.1, -0.05) is 0 Å². The molecule has 0 N–H and O–H groups in total. The molecule has 1 fully saturated rings. The van der Waals surface area contributed by atoms with Crippen LogP contribution in [0.5, 0.6) is 5.75 Å². The van der Waals surface area contributed by atoms with Crippen molar-refractivity contribution in [2.24, 2.45) is 0 Å². The van der Waals surface area contributed by atoms with Gasteiger partial charge in [-0.15, -0.1) is 0 Å². The van der Waals surface area contributed by atoms with Crippen LogP contribution in [0.3, 0.4) is 0 Å². The summed E-state index contributed by atoms with van der Waals surface area (Å²) in [7, 11) is 1.40. The summed E-state index contributed by atoms with van der Waals surface area (Å²) in [6.45, 7) is 0.